The summed E-state index contributed by atoms with van der Waals surface area (Å²) >= 11 is 3.19. The zero-order valence-corrected chi connectivity index (χ0v) is 13.0. The third kappa shape index (κ3) is 3.88. The molecule has 1 amide bonds. The molecule has 0 unspecified atom stereocenters. The molecule has 5 heteroatoms. The van der Waals surface area contributed by atoms with E-state index in [0.29, 0.717) is 28.7 Å². The van der Waals surface area contributed by atoms with E-state index in [9.17, 15) is 13.6 Å². The molecule has 0 aliphatic carbocycles. The Hall–Kier alpha value is -1.75. The van der Waals surface area contributed by atoms with E-state index in [1.54, 1.807) is 17.0 Å². The van der Waals surface area contributed by atoms with Crippen molar-refractivity contribution in [3.63, 3.8) is 0 Å². The van der Waals surface area contributed by atoms with E-state index < -0.39 is 5.82 Å². The van der Waals surface area contributed by atoms with Crippen molar-refractivity contribution in [3.8, 4) is 0 Å². The van der Waals surface area contributed by atoms with Crippen LogP contribution in [0.2, 0.25) is 0 Å². The molecule has 0 fully saturated rings. The van der Waals surface area contributed by atoms with Gasteiger partial charge in [-0.1, -0.05) is 12.1 Å². The lowest BCUT2D eigenvalue weighted by Gasteiger charge is -2.21. The summed E-state index contributed by atoms with van der Waals surface area (Å²) in [4.78, 5) is 14.1. The molecule has 2 nitrogen and oxygen atoms in total. The van der Waals surface area contributed by atoms with Gasteiger partial charge in [-0.25, -0.2) is 8.78 Å². The normalized spacial score (nSPS) is 10.5. The summed E-state index contributed by atoms with van der Waals surface area (Å²) in [5.41, 5.74) is 1.10. The topological polar surface area (TPSA) is 20.3 Å². The largest absolute Gasteiger partial charge is 0.335 e. The average molecular weight is 354 g/mol. The first kappa shape index (κ1) is 15.6. The highest BCUT2D eigenvalue weighted by Crippen LogP contribution is 2.20. The van der Waals surface area contributed by atoms with Crippen LogP contribution in [-0.2, 0) is 6.54 Å². The quantitative estimate of drug-likeness (QED) is 0.798. The summed E-state index contributed by atoms with van der Waals surface area (Å²) in [5, 5.41) is 0. The van der Waals surface area contributed by atoms with Gasteiger partial charge in [0.2, 0.25) is 0 Å². The summed E-state index contributed by atoms with van der Waals surface area (Å²) in [6.45, 7) is 2.62. The highest BCUT2D eigenvalue weighted by Gasteiger charge is 2.17. The molecule has 0 N–H and O–H groups in total. The highest BCUT2D eigenvalue weighted by atomic mass is 79.9. The Morgan fingerprint density at radius 2 is 1.86 bits per heavy atom. The van der Waals surface area contributed by atoms with Gasteiger partial charge in [0.15, 0.2) is 0 Å². The maximum atomic E-state index is 13.2. The maximum absolute atomic E-state index is 13.2. The lowest BCUT2D eigenvalue weighted by molar-refractivity contribution is 0.0751. The van der Waals surface area contributed by atoms with Crippen molar-refractivity contribution in [2.75, 3.05) is 6.54 Å². The minimum atomic E-state index is -0.411. The van der Waals surface area contributed by atoms with Crippen LogP contribution in [0.1, 0.15) is 22.8 Å². The Bertz CT molecular complexity index is 660. The van der Waals surface area contributed by atoms with E-state index in [4.69, 9.17) is 0 Å². The summed E-state index contributed by atoms with van der Waals surface area (Å²) in [6, 6.07) is 10.1. The van der Waals surface area contributed by atoms with Gasteiger partial charge in [-0.3, -0.25) is 4.79 Å². The van der Waals surface area contributed by atoms with Crippen LogP contribution in [-0.4, -0.2) is 17.4 Å². The number of amides is 1. The second kappa shape index (κ2) is 6.80. The summed E-state index contributed by atoms with van der Waals surface area (Å²) in [7, 11) is 0. The third-order valence-corrected chi connectivity index (χ3v) is 3.75. The molecule has 0 atom stereocenters. The smallest absolute Gasteiger partial charge is 0.255 e. The van der Waals surface area contributed by atoms with Crippen LogP contribution in [0.15, 0.2) is 46.9 Å². The Labute approximate surface area is 130 Å². The lowest BCUT2D eigenvalue weighted by Crippen LogP contribution is -2.30. The van der Waals surface area contributed by atoms with E-state index in [1.807, 2.05) is 6.92 Å². The van der Waals surface area contributed by atoms with E-state index in [2.05, 4.69) is 15.9 Å². The number of rotatable bonds is 4. The number of hydrogen-bond acceptors (Lipinski definition) is 1. The van der Waals surface area contributed by atoms with Gasteiger partial charge in [0.1, 0.15) is 11.6 Å². The Balaban J connectivity index is 2.22. The summed E-state index contributed by atoms with van der Waals surface area (Å²) < 4.78 is 26.7. The molecule has 0 radical (unpaired) electrons. The fraction of sp³-hybridized carbons (Fsp3) is 0.188. The van der Waals surface area contributed by atoms with Crippen LogP contribution in [0.25, 0.3) is 0 Å². The molecule has 2 rings (SSSR count). The summed E-state index contributed by atoms with van der Waals surface area (Å²) in [5.74, 6) is -0.973. The van der Waals surface area contributed by atoms with Crippen molar-refractivity contribution in [3.05, 3.63) is 69.7 Å². The van der Waals surface area contributed by atoms with E-state index in [-0.39, 0.29) is 11.7 Å². The number of carbonyl (C=O) groups is 1. The SMILES string of the molecule is CCN(Cc1cccc(F)c1)C(=O)c1ccc(F)cc1Br. The fourth-order valence-electron chi connectivity index (χ4n) is 2.02. The first-order valence-corrected chi connectivity index (χ1v) is 7.29. The number of nitrogens with zero attached hydrogens (tertiary/aromatic N) is 1. The first-order chi connectivity index (χ1) is 10.0. The molecule has 0 bridgehead atoms. The van der Waals surface area contributed by atoms with Gasteiger partial charge < -0.3 is 4.90 Å². The van der Waals surface area contributed by atoms with Crippen LogP contribution in [0, 0.1) is 11.6 Å². The van der Waals surface area contributed by atoms with Crippen molar-refractivity contribution in [1.29, 1.82) is 0 Å². The van der Waals surface area contributed by atoms with Crippen LogP contribution in [0.4, 0.5) is 8.78 Å². The second-order valence-corrected chi connectivity index (χ2v) is 5.43. The number of halogens is 3. The molecule has 2 aromatic rings. The van der Waals surface area contributed by atoms with Crippen LogP contribution in [0.3, 0.4) is 0 Å². The minimum absolute atomic E-state index is 0.228. The molecular formula is C16H14BrF2NO. The first-order valence-electron chi connectivity index (χ1n) is 6.50. The van der Waals surface area contributed by atoms with Crippen LogP contribution < -0.4 is 0 Å². The Kier molecular flexibility index (Phi) is 5.07. The molecule has 0 aliphatic heterocycles. The van der Waals surface area contributed by atoms with E-state index in [1.165, 1.54) is 30.3 Å². The second-order valence-electron chi connectivity index (χ2n) is 4.57. The molecule has 0 spiro atoms. The Morgan fingerprint density at radius 1 is 1.14 bits per heavy atom. The predicted molar refractivity (Wildman–Crippen MR) is 80.9 cm³/mol. The average Bonchev–Trinajstić information content (AvgIpc) is 2.44. The zero-order chi connectivity index (χ0) is 15.4. The molecule has 0 aromatic heterocycles. The van der Waals surface area contributed by atoms with Crippen molar-refractivity contribution < 1.29 is 13.6 Å². The van der Waals surface area contributed by atoms with Gasteiger partial charge in [0.05, 0.1) is 5.56 Å². The number of carbonyl (C=O) groups excluding carboxylic acids is 1. The highest BCUT2D eigenvalue weighted by molar-refractivity contribution is 9.10. The van der Waals surface area contributed by atoms with E-state index in [0.717, 1.165) is 0 Å². The maximum Gasteiger partial charge on any atom is 0.255 e. The Morgan fingerprint density at radius 3 is 2.48 bits per heavy atom. The molecule has 21 heavy (non-hydrogen) atoms. The molecule has 0 saturated carbocycles. The predicted octanol–water partition coefficient (Wildman–Crippen LogP) is 4.39. The minimum Gasteiger partial charge on any atom is -0.335 e. The number of hydrogen-bond donors (Lipinski definition) is 0. The van der Waals surface area contributed by atoms with E-state index >= 15 is 0 Å². The summed E-state index contributed by atoms with van der Waals surface area (Å²) in [6.07, 6.45) is 0. The van der Waals surface area contributed by atoms with Gasteiger partial charge in [0, 0.05) is 17.6 Å². The third-order valence-electron chi connectivity index (χ3n) is 3.09. The molecule has 110 valence electrons. The fourth-order valence-corrected chi connectivity index (χ4v) is 2.54. The molecule has 0 aliphatic rings. The van der Waals surface area contributed by atoms with Gasteiger partial charge in [0.25, 0.3) is 5.91 Å². The van der Waals surface area contributed by atoms with Crippen molar-refractivity contribution in [1.82, 2.24) is 4.90 Å². The monoisotopic (exact) mass is 353 g/mol. The zero-order valence-electron chi connectivity index (χ0n) is 11.4. The van der Waals surface area contributed by atoms with Gasteiger partial charge in [-0.2, -0.15) is 0 Å². The van der Waals surface area contributed by atoms with Crippen molar-refractivity contribution in [2.45, 2.75) is 13.5 Å². The van der Waals surface area contributed by atoms with Crippen LogP contribution >= 0.6 is 15.9 Å². The molecule has 2 aromatic carbocycles. The standard InChI is InChI=1S/C16H14BrF2NO/c1-2-20(10-11-4-3-5-12(18)8-11)16(21)14-7-6-13(19)9-15(14)17/h3-9H,2,10H2,1H3. The van der Waals surface area contributed by atoms with Crippen molar-refractivity contribution in [2.24, 2.45) is 0 Å². The lowest BCUT2D eigenvalue weighted by atomic mass is 10.1. The number of benzene rings is 2. The van der Waals surface area contributed by atoms with Gasteiger partial charge >= 0.3 is 0 Å². The molecular weight excluding hydrogens is 340 g/mol. The molecule has 0 saturated heterocycles. The molecule has 0 heterocycles. The van der Waals surface area contributed by atoms with Crippen LogP contribution in [0.5, 0.6) is 0 Å². The van der Waals surface area contributed by atoms with Gasteiger partial charge in [-0.05, 0) is 58.7 Å². The van der Waals surface area contributed by atoms with Crippen molar-refractivity contribution >= 4 is 21.8 Å². The van der Waals surface area contributed by atoms with Gasteiger partial charge in [-0.15, -0.1) is 0 Å².